The Morgan fingerprint density at radius 2 is 2.12 bits per heavy atom. The highest BCUT2D eigenvalue weighted by atomic mass is 16.2. The monoisotopic (exact) mass is 338 g/mol. The van der Waals surface area contributed by atoms with Crippen molar-refractivity contribution in [1.29, 1.82) is 0 Å². The van der Waals surface area contributed by atoms with E-state index in [1.807, 2.05) is 24.4 Å². The van der Waals surface area contributed by atoms with Gasteiger partial charge in [0.05, 0.1) is 0 Å². The summed E-state index contributed by atoms with van der Waals surface area (Å²) in [6.45, 7) is 1.71. The molecule has 5 nitrogen and oxygen atoms in total. The van der Waals surface area contributed by atoms with E-state index >= 15 is 0 Å². The highest BCUT2D eigenvalue weighted by molar-refractivity contribution is 5.76. The number of pyridine rings is 1. The maximum absolute atomic E-state index is 12.9. The Bertz CT molecular complexity index is 785. The topological polar surface area (TPSA) is 50.5 Å². The van der Waals surface area contributed by atoms with Gasteiger partial charge in [0.2, 0.25) is 5.91 Å². The molecule has 0 N–H and O–H groups in total. The van der Waals surface area contributed by atoms with Crippen LogP contribution >= 0.6 is 0 Å². The fourth-order valence-electron chi connectivity index (χ4n) is 5.53. The van der Waals surface area contributed by atoms with Crippen LogP contribution in [0.1, 0.15) is 56.7 Å². The second kappa shape index (κ2) is 6.11. The van der Waals surface area contributed by atoms with Crippen molar-refractivity contribution in [1.82, 2.24) is 19.5 Å². The molecule has 1 aliphatic heterocycles. The van der Waals surface area contributed by atoms with Gasteiger partial charge >= 0.3 is 0 Å². The number of nitrogens with zero attached hydrogens (tertiary/aromatic N) is 4. The lowest BCUT2D eigenvalue weighted by Crippen LogP contribution is -2.40. The Hall–Kier alpha value is -1.91. The SMILES string of the molecule is O=C(CC1CC2CCC1C2)N1CCCC(c2nnc3ccccn23)C1. The lowest BCUT2D eigenvalue weighted by Gasteiger charge is -2.33. The van der Waals surface area contributed by atoms with Crippen LogP contribution in [0.3, 0.4) is 0 Å². The standard InChI is InChI=1S/C20H26N4O/c25-19(12-17-11-14-6-7-15(17)10-14)23-8-3-4-16(13-23)20-22-21-18-5-1-2-9-24(18)20/h1-2,5,9,14-17H,3-4,6-8,10-13H2. The van der Waals surface area contributed by atoms with Crippen LogP contribution in [0.2, 0.25) is 0 Å². The van der Waals surface area contributed by atoms with E-state index in [1.54, 1.807) is 0 Å². The first kappa shape index (κ1) is 15.4. The molecule has 2 bridgehead atoms. The normalized spacial score (nSPS) is 31.8. The molecule has 2 saturated carbocycles. The maximum atomic E-state index is 12.9. The molecular formula is C20H26N4O. The average Bonchev–Trinajstić information content (AvgIpc) is 3.37. The lowest BCUT2D eigenvalue weighted by atomic mass is 9.85. The molecule has 0 aromatic carbocycles. The molecule has 3 heterocycles. The van der Waals surface area contributed by atoms with Gasteiger partial charge in [0.1, 0.15) is 5.82 Å². The second-order valence-corrected chi connectivity index (χ2v) is 8.31. The summed E-state index contributed by atoms with van der Waals surface area (Å²) >= 11 is 0. The number of carbonyl (C=O) groups excluding carboxylic acids is 1. The largest absolute Gasteiger partial charge is 0.342 e. The van der Waals surface area contributed by atoms with Crippen molar-refractivity contribution in [3.63, 3.8) is 0 Å². The third-order valence-corrected chi connectivity index (χ3v) is 6.80. The zero-order valence-electron chi connectivity index (χ0n) is 14.7. The number of aromatic nitrogens is 3. The maximum Gasteiger partial charge on any atom is 0.222 e. The molecule has 1 amide bonds. The minimum Gasteiger partial charge on any atom is -0.342 e. The first-order chi connectivity index (χ1) is 12.3. The van der Waals surface area contributed by atoms with Gasteiger partial charge in [-0.05, 0) is 62.0 Å². The van der Waals surface area contributed by atoms with Gasteiger partial charge in [0.15, 0.2) is 5.65 Å². The Morgan fingerprint density at radius 1 is 1.16 bits per heavy atom. The fraction of sp³-hybridized carbons (Fsp3) is 0.650. The number of likely N-dealkylation sites (tertiary alicyclic amines) is 1. The molecule has 2 aromatic rings. The molecule has 2 aliphatic carbocycles. The van der Waals surface area contributed by atoms with Crippen molar-refractivity contribution in [2.24, 2.45) is 17.8 Å². The Kier molecular flexibility index (Phi) is 3.75. The summed E-state index contributed by atoms with van der Waals surface area (Å²) < 4.78 is 2.08. The number of fused-ring (bicyclic) bond motifs is 3. The van der Waals surface area contributed by atoms with Crippen LogP contribution in [0.25, 0.3) is 5.65 Å². The molecule has 3 fully saturated rings. The number of rotatable bonds is 3. The number of amides is 1. The zero-order chi connectivity index (χ0) is 16.8. The van der Waals surface area contributed by atoms with Crippen LogP contribution in [0.4, 0.5) is 0 Å². The van der Waals surface area contributed by atoms with E-state index in [0.29, 0.717) is 17.7 Å². The third kappa shape index (κ3) is 2.74. The first-order valence-electron chi connectivity index (χ1n) is 9.85. The van der Waals surface area contributed by atoms with Crippen LogP contribution in [-0.2, 0) is 4.79 Å². The lowest BCUT2D eigenvalue weighted by molar-refractivity contribution is -0.133. The van der Waals surface area contributed by atoms with E-state index in [-0.39, 0.29) is 0 Å². The van der Waals surface area contributed by atoms with Gasteiger partial charge in [-0.15, -0.1) is 10.2 Å². The minimum absolute atomic E-state index is 0.301. The Morgan fingerprint density at radius 3 is 2.96 bits per heavy atom. The van der Waals surface area contributed by atoms with E-state index in [9.17, 15) is 4.79 Å². The molecule has 4 atom stereocenters. The van der Waals surface area contributed by atoms with Crippen LogP contribution in [-0.4, -0.2) is 38.5 Å². The number of hydrogen-bond donors (Lipinski definition) is 0. The summed E-state index contributed by atoms with van der Waals surface area (Å²) in [6.07, 6.45) is 10.4. The van der Waals surface area contributed by atoms with Crippen LogP contribution in [0.5, 0.6) is 0 Å². The molecular weight excluding hydrogens is 312 g/mol. The Balaban J connectivity index is 1.28. The summed E-state index contributed by atoms with van der Waals surface area (Å²) in [7, 11) is 0. The zero-order valence-corrected chi connectivity index (χ0v) is 14.7. The number of hydrogen-bond acceptors (Lipinski definition) is 3. The summed E-state index contributed by atoms with van der Waals surface area (Å²) in [5, 5.41) is 8.70. The van der Waals surface area contributed by atoms with Gasteiger partial charge in [0, 0.05) is 31.6 Å². The molecule has 0 radical (unpaired) electrons. The quantitative estimate of drug-likeness (QED) is 0.863. The number of carbonyl (C=O) groups is 1. The molecule has 2 aromatic heterocycles. The van der Waals surface area contributed by atoms with Gasteiger partial charge in [-0.2, -0.15) is 0 Å². The molecule has 5 rings (SSSR count). The summed E-state index contributed by atoms with van der Waals surface area (Å²) in [5.74, 6) is 4.08. The van der Waals surface area contributed by atoms with Gasteiger partial charge in [0.25, 0.3) is 0 Å². The molecule has 4 unspecified atom stereocenters. The molecule has 132 valence electrons. The molecule has 5 heteroatoms. The van der Waals surface area contributed by atoms with Crippen molar-refractivity contribution in [2.45, 2.75) is 50.9 Å². The highest BCUT2D eigenvalue weighted by Gasteiger charge is 2.41. The Labute approximate surface area is 148 Å². The van der Waals surface area contributed by atoms with Crippen molar-refractivity contribution < 1.29 is 4.79 Å². The summed E-state index contributed by atoms with van der Waals surface area (Å²) in [4.78, 5) is 15.0. The van der Waals surface area contributed by atoms with Crippen molar-refractivity contribution in [3.05, 3.63) is 30.2 Å². The van der Waals surface area contributed by atoms with Gasteiger partial charge in [-0.3, -0.25) is 9.20 Å². The number of piperidine rings is 1. The van der Waals surface area contributed by atoms with Gasteiger partial charge < -0.3 is 4.90 Å². The molecule has 1 saturated heterocycles. The van der Waals surface area contributed by atoms with Crippen LogP contribution in [0.15, 0.2) is 24.4 Å². The predicted molar refractivity (Wildman–Crippen MR) is 95.1 cm³/mol. The smallest absolute Gasteiger partial charge is 0.222 e. The minimum atomic E-state index is 0.301. The van der Waals surface area contributed by atoms with E-state index in [0.717, 1.165) is 55.7 Å². The summed E-state index contributed by atoms with van der Waals surface area (Å²) in [5.41, 5.74) is 0.892. The van der Waals surface area contributed by atoms with Gasteiger partial charge in [-0.25, -0.2) is 0 Å². The highest BCUT2D eigenvalue weighted by Crippen LogP contribution is 2.49. The van der Waals surface area contributed by atoms with E-state index in [4.69, 9.17) is 0 Å². The fourth-order valence-corrected chi connectivity index (χ4v) is 5.53. The van der Waals surface area contributed by atoms with Gasteiger partial charge in [-0.1, -0.05) is 12.5 Å². The molecule has 0 spiro atoms. The van der Waals surface area contributed by atoms with Crippen molar-refractivity contribution in [2.75, 3.05) is 13.1 Å². The van der Waals surface area contributed by atoms with E-state index in [2.05, 4.69) is 19.5 Å². The van der Waals surface area contributed by atoms with Crippen LogP contribution in [0, 0.1) is 17.8 Å². The molecule has 3 aliphatic rings. The first-order valence-corrected chi connectivity index (χ1v) is 9.85. The van der Waals surface area contributed by atoms with E-state index < -0.39 is 0 Å². The summed E-state index contributed by atoms with van der Waals surface area (Å²) in [6, 6.07) is 5.98. The third-order valence-electron chi connectivity index (χ3n) is 6.80. The van der Waals surface area contributed by atoms with Crippen molar-refractivity contribution in [3.8, 4) is 0 Å². The van der Waals surface area contributed by atoms with Crippen LogP contribution < -0.4 is 0 Å². The molecule has 25 heavy (non-hydrogen) atoms. The van der Waals surface area contributed by atoms with Crippen molar-refractivity contribution >= 4 is 11.6 Å². The second-order valence-electron chi connectivity index (χ2n) is 8.31. The average molecular weight is 338 g/mol. The van der Waals surface area contributed by atoms with E-state index in [1.165, 1.54) is 25.7 Å². The predicted octanol–water partition coefficient (Wildman–Crippen LogP) is 3.26.